The van der Waals surface area contributed by atoms with Crippen LogP contribution in [0.15, 0.2) is 30.3 Å². The number of rotatable bonds is 6. The van der Waals surface area contributed by atoms with E-state index in [1.54, 1.807) is 0 Å². The van der Waals surface area contributed by atoms with E-state index in [4.69, 9.17) is 10.5 Å². The van der Waals surface area contributed by atoms with Crippen molar-refractivity contribution in [2.45, 2.75) is 57.9 Å². The highest BCUT2D eigenvalue weighted by Gasteiger charge is 2.32. The predicted molar refractivity (Wildman–Crippen MR) is 84.9 cm³/mol. The summed E-state index contributed by atoms with van der Waals surface area (Å²) in [5.41, 5.74) is 6.61. The highest BCUT2D eigenvalue weighted by atomic mass is 16.5. The van der Waals surface area contributed by atoms with Crippen molar-refractivity contribution >= 4 is 0 Å². The van der Waals surface area contributed by atoms with E-state index >= 15 is 0 Å². The molecule has 0 bridgehead atoms. The van der Waals surface area contributed by atoms with Crippen molar-refractivity contribution < 1.29 is 4.74 Å². The van der Waals surface area contributed by atoms with Crippen LogP contribution >= 0.6 is 0 Å². The zero-order chi connectivity index (χ0) is 14.4. The molecule has 0 saturated heterocycles. The lowest BCUT2D eigenvalue weighted by Crippen LogP contribution is -2.44. The van der Waals surface area contributed by atoms with Gasteiger partial charge in [0, 0.05) is 5.54 Å². The molecular weight excluding hydrogens is 246 g/mol. The summed E-state index contributed by atoms with van der Waals surface area (Å²) in [6.07, 6.45) is 7.10. The van der Waals surface area contributed by atoms with Crippen LogP contribution in [0.4, 0.5) is 0 Å². The van der Waals surface area contributed by atoms with Gasteiger partial charge in [-0.15, -0.1) is 0 Å². The van der Waals surface area contributed by atoms with Crippen molar-refractivity contribution in [3.05, 3.63) is 30.3 Å². The minimum absolute atomic E-state index is 0.0610. The molecule has 112 valence electrons. The van der Waals surface area contributed by atoms with E-state index in [9.17, 15) is 0 Å². The van der Waals surface area contributed by atoms with Gasteiger partial charge in [-0.25, -0.2) is 0 Å². The van der Waals surface area contributed by atoms with Crippen LogP contribution in [0.1, 0.15) is 52.4 Å². The van der Waals surface area contributed by atoms with Gasteiger partial charge in [-0.3, -0.25) is 0 Å². The number of hydrogen-bond acceptors (Lipinski definition) is 2. The van der Waals surface area contributed by atoms with Crippen molar-refractivity contribution in [3.8, 4) is 5.75 Å². The number of nitrogens with two attached hydrogens (primary N) is 1. The first-order valence-electron chi connectivity index (χ1n) is 8.06. The fraction of sp³-hybridized carbons (Fsp3) is 0.667. The SMILES string of the molecule is CC(C)C1CCC(N)(CCCOc2ccccc2)CC1. The molecule has 0 radical (unpaired) electrons. The highest BCUT2D eigenvalue weighted by molar-refractivity contribution is 5.20. The minimum Gasteiger partial charge on any atom is -0.494 e. The standard InChI is InChI=1S/C18H29NO/c1-15(2)16-9-12-18(19,13-10-16)11-6-14-20-17-7-4-3-5-8-17/h3-5,7-8,15-16H,6,9-14,19H2,1-2H3. The van der Waals surface area contributed by atoms with Gasteiger partial charge in [0.25, 0.3) is 0 Å². The summed E-state index contributed by atoms with van der Waals surface area (Å²) in [5.74, 6) is 2.65. The molecule has 0 amide bonds. The van der Waals surface area contributed by atoms with Gasteiger partial charge in [-0.2, -0.15) is 0 Å². The molecule has 1 fully saturated rings. The second-order valence-electron chi connectivity index (χ2n) is 6.71. The van der Waals surface area contributed by atoms with Gasteiger partial charge in [-0.1, -0.05) is 32.0 Å². The maximum Gasteiger partial charge on any atom is 0.119 e. The third-order valence-electron chi connectivity index (χ3n) is 4.80. The molecule has 1 aliphatic carbocycles. The second kappa shape index (κ2) is 7.12. The van der Waals surface area contributed by atoms with Gasteiger partial charge in [-0.05, 0) is 62.5 Å². The number of hydrogen-bond donors (Lipinski definition) is 1. The maximum atomic E-state index is 6.55. The molecule has 0 spiro atoms. The number of ether oxygens (including phenoxy) is 1. The molecule has 2 nitrogen and oxygen atoms in total. The van der Waals surface area contributed by atoms with Crippen LogP contribution in [0, 0.1) is 11.8 Å². The fourth-order valence-corrected chi connectivity index (χ4v) is 3.26. The van der Waals surface area contributed by atoms with Crippen LogP contribution < -0.4 is 10.5 Å². The summed E-state index contributed by atoms with van der Waals surface area (Å²) in [6.45, 7) is 5.44. The Balaban J connectivity index is 1.66. The van der Waals surface area contributed by atoms with E-state index < -0.39 is 0 Å². The molecule has 0 aromatic heterocycles. The van der Waals surface area contributed by atoms with Crippen molar-refractivity contribution in [1.82, 2.24) is 0 Å². The molecule has 1 aliphatic rings. The summed E-state index contributed by atoms with van der Waals surface area (Å²) in [4.78, 5) is 0. The molecule has 20 heavy (non-hydrogen) atoms. The normalized spacial score (nSPS) is 26.7. The van der Waals surface area contributed by atoms with Crippen LogP contribution in [-0.4, -0.2) is 12.1 Å². The largest absolute Gasteiger partial charge is 0.494 e. The van der Waals surface area contributed by atoms with Crippen LogP contribution in [0.2, 0.25) is 0 Å². The molecule has 2 N–H and O–H groups in total. The first-order valence-corrected chi connectivity index (χ1v) is 8.06. The van der Waals surface area contributed by atoms with E-state index in [1.807, 2.05) is 30.3 Å². The Morgan fingerprint density at radius 2 is 1.85 bits per heavy atom. The number of para-hydroxylation sites is 1. The van der Waals surface area contributed by atoms with Crippen molar-refractivity contribution in [3.63, 3.8) is 0 Å². The zero-order valence-corrected chi connectivity index (χ0v) is 13.0. The Morgan fingerprint density at radius 1 is 1.20 bits per heavy atom. The van der Waals surface area contributed by atoms with Crippen LogP contribution in [0.3, 0.4) is 0 Å². The Kier molecular flexibility index (Phi) is 5.47. The van der Waals surface area contributed by atoms with E-state index in [-0.39, 0.29) is 5.54 Å². The summed E-state index contributed by atoms with van der Waals surface area (Å²) >= 11 is 0. The molecule has 1 aromatic carbocycles. The van der Waals surface area contributed by atoms with E-state index in [2.05, 4.69) is 13.8 Å². The van der Waals surface area contributed by atoms with Crippen molar-refractivity contribution in [2.75, 3.05) is 6.61 Å². The minimum atomic E-state index is 0.0610. The van der Waals surface area contributed by atoms with Crippen molar-refractivity contribution in [2.24, 2.45) is 17.6 Å². The predicted octanol–water partition coefficient (Wildman–Crippen LogP) is 4.39. The summed E-state index contributed by atoms with van der Waals surface area (Å²) < 4.78 is 5.75. The number of benzene rings is 1. The molecule has 0 aliphatic heterocycles. The van der Waals surface area contributed by atoms with Crippen LogP contribution in [-0.2, 0) is 0 Å². The molecule has 0 heterocycles. The van der Waals surface area contributed by atoms with Crippen LogP contribution in [0.25, 0.3) is 0 Å². The lowest BCUT2D eigenvalue weighted by Gasteiger charge is -2.38. The zero-order valence-electron chi connectivity index (χ0n) is 13.0. The molecule has 2 heteroatoms. The monoisotopic (exact) mass is 275 g/mol. The summed E-state index contributed by atoms with van der Waals surface area (Å²) in [5, 5.41) is 0. The third kappa shape index (κ3) is 4.52. The van der Waals surface area contributed by atoms with Gasteiger partial charge in [0.2, 0.25) is 0 Å². The quantitative estimate of drug-likeness (QED) is 0.781. The molecule has 0 unspecified atom stereocenters. The summed E-state index contributed by atoms with van der Waals surface area (Å²) in [7, 11) is 0. The first-order chi connectivity index (χ1) is 9.59. The molecular formula is C18H29NO. The average Bonchev–Trinajstić information content (AvgIpc) is 2.45. The average molecular weight is 275 g/mol. The van der Waals surface area contributed by atoms with Gasteiger partial charge >= 0.3 is 0 Å². The second-order valence-corrected chi connectivity index (χ2v) is 6.71. The Morgan fingerprint density at radius 3 is 2.45 bits per heavy atom. The first kappa shape index (κ1) is 15.4. The Hall–Kier alpha value is -1.02. The third-order valence-corrected chi connectivity index (χ3v) is 4.80. The topological polar surface area (TPSA) is 35.2 Å². The van der Waals surface area contributed by atoms with Crippen LogP contribution in [0.5, 0.6) is 5.75 Å². The lowest BCUT2D eigenvalue weighted by atomic mass is 9.72. The summed E-state index contributed by atoms with van der Waals surface area (Å²) in [6, 6.07) is 10.0. The van der Waals surface area contributed by atoms with Gasteiger partial charge in [0.1, 0.15) is 5.75 Å². The molecule has 1 saturated carbocycles. The molecule has 2 rings (SSSR count). The molecule has 0 atom stereocenters. The van der Waals surface area contributed by atoms with Gasteiger partial charge in [0.05, 0.1) is 6.61 Å². The lowest BCUT2D eigenvalue weighted by molar-refractivity contribution is 0.176. The molecule has 1 aromatic rings. The van der Waals surface area contributed by atoms with E-state index in [1.165, 1.54) is 25.7 Å². The Bertz CT molecular complexity index is 380. The van der Waals surface area contributed by atoms with Gasteiger partial charge in [0.15, 0.2) is 0 Å². The Labute approximate surface area is 123 Å². The van der Waals surface area contributed by atoms with E-state index in [0.29, 0.717) is 0 Å². The van der Waals surface area contributed by atoms with Gasteiger partial charge < -0.3 is 10.5 Å². The highest BCUT2D eigenvalue weighted by Crippen LogP contribution is 2.36. The van der Waals surface area contributed by atoms with E-state index in [0.717, 1.165) is 37.0 Å². The van der Waals surface area contributed by atoms with Crippen molar-refractivity contribution in [1.29, 1.82) is 0 Å². The smallest absolute Gasteiger partial charge is 0.119 e. The fourth-order valence-electron chi connectivity index (χ4n) is 3.26. The maximum absolute atomic E-state index is 6.55.